The highest BCUT2D eigenvalue weighted by molar-refractivity contribution is 8.30. The van der Waals surface area contributed by atoms with Crippen molar-refractivity contribution in [3.8, 4) is 11.5 Å². The van der Waals surface area contributed by atoms with E-state index in [0.717, 1.165) is 0 Å². The van der Waals surface area contributed by atoms with Crippen molar-refractivity contribution in [2.45, 2.75) is 52.0 Å². The van der Waals surface area contributed by atoms with E-state index in [1.54, 1.807) is 6.07 Å². The van der Waals surface area contributed by atoms with Crippen LogP contribution in [0.1, 0.15) is 41.5 Å². The van der Waals surface area contributed by atoms with E-state index in [0.29, 0.717) is 22.0 Å². The van der Waals surface area contributed by atoms with Crippen molar-refractivity contribution < 1.29 is 13.1 Å². The molecule has 0 N–H and O–H groups in total. The summed E-state index contributed by atoms with van der Waals surface area (Å²) in [5, 5.41) is 0.986. The van der Waals surface area contributed by atoms with E-state index in [9.17, 15) is 0 Å². The predicted molar refractivity (Wildman–Crippen MR) is 97.8 cm³/mol. The van der Waals surface area contributed by atoms with E-state index in [-0.39, 0.29) is 6.79 Å². The highest BCUT2D eigenvalue weighted by Crippen LogP contribution is 2.54. The van der Waals surface area contributed by atoms with Crippen LogP contribution in [0.2, 0.25) is 0 Å². The number of ether oxygens (including phenoxy) is 1. The Kier molecular flexibility index (Phi) is 9.99. The van der Waals surface area contributed by atoms with Gasteiger partial charge in [-0.25, -0.2) is 0 Å². The van der Waals surface area contributed by atoms with Gasteiger partial charge in [-0.1, -0.05) is 53.7 Å². The first-order valence-corrected chi connectivity index (χ1v) is 9.81. The highest BCUT2D eigenvalue weighted by atomic mass is 32.3. The molecule has 0 radical (unpaired) electrons. The van der Waals surface area contributed by atoms with Crippen LogP contribution in [0.15, 0.2) is 24.3 Å². The zero-order valence-electron chi connectivity index (χ0n) is 14.3. The quantitative estimate of drug-likeness (QED) is 0.408. The molecule has 0 aliphatic carbocycles. The largest absolute Gasteiger partial charge is 0.463 e. The van der Waals surface area contributed by atoms with Gasteiger partial charge in [0.2, 0.25) is 0 Å². The van der Waals surface area contributed by atoms with Crippen LogP contribution in [0.3, 0.4) is 0 Å². The van der Waals surface area contributed by atoms with Gasteiger partial charge >= 0.3 is 0 Å². The van der Waals surface area contributed by atoms with E-state index < -0.39 is 10.3 Å². The van der Waals surface area contributed by atoms with Gasteiger partial charge in [0.15, 0.2) is 18.3 Å². The molecule has 1 aromatic rings. The topological polar surface area (TPSA) is 27.7 Å². The van der Waals surface area contributed by atoms with Crippen LogP contribution in [0.4, 0.5) is 0 Å². The molecule has 0 atom stereocenters. The zero-order valence-corrected chi connectivity index (χ0v) is 16.0. The molecule has 124 valence electrons. The van der Waals surface area contributed by atoms with Crippen molar-refractivity contribution in [3.63, 3.8) is 0 Å². The third kappa shape index (κ3) is 6.01. The molecule has 0 aromatic heterocycles. The average Bonchev–Trinajstić information content (AvgIpc) is 2.49. The fraction of sp³-hybridized carbons (Fsp3) is 0.625. The Morgan fingerprint density at radius 3 is 1.90 bits per heavy atom. The van der Waals surface area contributed by atoms with Gasteiger partial charge in [0.1, 0.15) is 0 Å². The van der Waals surface area contributed by atoms with Gasteiger partial charge in [-0.3, -0.25) is 4.18 Å². The first-order chi connectivity index (χ1) is 9.91. The number of rotatable bonds is 7. The van der Waals surface area contributed by atoms with E-state index in [2.05, 4.69) is 46.9 Å². The number of thiol groups is 1. The molecular weight excluding hydrogens is 304 g/mol. The zero-order chi connectivity index (χ0) is 16.5. The lowest BCUT2D eigenvalue weighted by atomic mass is 10.3. The minimum absolute atomic E-state index is 0.232. The van der Waals surface area contributed by atoms with E-state index in [1.165, 1.54) is 0 Å². The Morgan fingerprint density at radius 2 is 1.48 bits per heavy atom. The molecule has 0 bridgehead atoms. The maximum atomic E-state index is 6.04. The van der Waals surface area contributed by atoms with Crippen LogP contribution < -0.4 is 8.92 Å². The monoisotopic (exact) mass is 334 g/mol. The molecule has 0 amide bonds. The van der Waals surface area contributed by atoms with Crippen LogP contribution in [0.5, 0.6) is 11.5 Å². The summed E-state index contributed by atoms with van der Waals surface area (Å²) in [5.41, 5.74) is 0. The average molecular weight is 335 g/mol. The molecule has 1 rings (SSSR count). The third-order valence-corrected chi connectivity index (χ3v) is 7.88. The van der Waals surface area contributed by atoms with Crippen LogP contribution in [0, 0.1) is 0 Å². The second-order valence-corrected chi connectivity index (χ2v) is 9.22. The third-order valence-electron chi connectivity index (χ3n) is 3.34. The van der Waals surface area contributed by atoms with E-state index in [1.807, 2.05) is 32.0 Å². The molecule has 0 spiro atoms. The summed E-state index contributed by atoms with van der Waals surface area (Å²) >= 11 is 3.81. The molecule has 0 fully saturated rings. The molecule has 0 unspecified atom stereocenters. The summed E-state index contributed by atoms with van der Waals surface area (Å²) in [6, 6.07) is 7.41. The van der Waals surface area contributed by atoms with Gasteiger partial charge in [-0.2, -0.15) is 0 Å². The van der Waals surface area contributed by atoms with E-state index >= 15 is 0 Å². The smallest absolute Gasteiger partial charge is 0.199 e. The van der Waals surface area contributed by atoms with E-state index in [4.69, 9.17) is 13.1 Å². The SMILES string of the molecule is CC.CC(C)S(C)(OCOc1ccccc1OS)C(C)C. The molecule has 3 nitrogen and oxygen atoms in total. The second kappa shape index (κ2) is 10.2. The molecule has 0 saturated heterocycles. The maximum Gasteiger partial charge on any atom is 0.199 e. The minimum Gasteiger partial charge on any atom is -0.463 e. The lowest BCUT2D eigenvalue weighted by molar-refractivity contribution is 0.132. The summed E-state index contributed by atoms with van der Waals surface area (Å²) in [6.45, 7) is 13.0. The van der Waals surface area contributed by atoms with Crippen molar-refractivity contribution in [2.75, 3.05) is 13.0 Å². The molecule has 0 saturated carbocycles. The number of para-hydroxylation sites is 2. The molecule has 0 heterocycles. The number of hydrogen-bond donors (Lipinski definition) is 1. The van der Waals surface area contributed by atoms with Gasteiger partial charge in [0.05, 0.1) is 0 Å². The molecule has 21 heavy (non-hydrogen) atoms. The standard InChI is InChI=1S/C14H24O3S2.C2H6/c1-11(2)19(5,12(3)4)16-10-15-13-8-6-7-9-14(13)17-18;1-2/h6-9,11-12,18H,10H2,1-5H3;1-2H3. The summed E-state index contributed by atoms with van der Waals surface area (Å²) in [5.74, 6) is 1.24. The fourth-order valence-electron chi connectivity index (χ4n) is 1.65. The van der Waals surface area contributed by atoms with Crippen molar-refractivity contribution >= 4 is 23.2 Å². The number of benzene rings is 1. The normalized spacial score (nSPS) is 11.9. The second-order valence-electron chi connectivity index (χ2n) is 4.98. The Hall–Kier alpha value is -0.520. The molecule has 0 aliphatic heterocycles. The summed E-state index contributed by atoms with van der Waals surface area (Å²) in [6.07, 6.45) is 2.20. The maximum absolute atomic E-state index is 6.04. The van der Waals surface area contributed by atoms with Gasteiger partial charge in [0, 0.05) is 23.4 Å². The van der Waals surface area contributed by atoms with Crippen molar-refractivity contribution in [3.05, 3.63) is 24.3 Å². The Balaban J connectivity index is 0.00000191. The molecular formula is C16H30O3S2. The molecule has 1 aromatic carbocycles. The molecule has 5 heteroatoms. The van der Waals surface area contributed by atoms with Crippen molar-refractivity contribution in [2.24, 2.45) is 0 Å². The summed E-state index contributed by atoms with van der Waals surface area (Å²) < 4.78 is 16.6. The fourth-order valence-corrected chi connectivity index (χ4v) is 3.69. The summed E-state index contributed by atoms with van der Waals surface area (Å²) in [7, 11) is -1.15. The first-order valence-electron chi connectivity index (χ1n) is 7.35. The highest BCUT2D eigenvalue weighted by Gasteiger charge is 2.27. The van der Waals surface area contributed by atoms with Crippen LogP contribution in [-0.2, 0) is 4.18 Å². The van der Waals surface area contributed by atoms with Gasteiger partial charge in [0.25, 0.3) is 0 Å². The first kappa shape index (κ1) is 20.5. The number of hydrogen-bond acceptors (Lipinski definition) is 4. The Morgan fingerprint density at radius 1 is 1.00 bits per heavy atom. The Labute approximate surface area is 137 Å². The van der Waals surface area contributed by atoms with Gasteiger partial charge in [-0.05, 0) is 18.4 Å². The van der Waals surface area contributed by atoms with Crippen LogP contribution in [-0.4, -0.2) is 23.5 Å². The minimum atomic E-state index is -1.15. The van der Waals surface area contributed by atoms with Crippen molar-refractivity contribution in [1.29, 1.82) is 0 Å². The summed E-state index contributed by atoms with van der Waals surface area (Å²) in [4.78, 5) is 0. The lowest BCUT2D eigenvalue weighted by Gasteiger charge is -2.42. The van der Waals surface area contributed by atoms with Gasteiger partial charge in [-0.15, -0.1) is 10.3 Å². The predicted octanol–water partition coefficient (Wildman–Crippen LogP) is 5.46. The van der Waals surface area contributed by atoms with Crippen LogP contribution in [0.25, 0.3) is 0 Å². The Bertz CT molecular complexity index is 387. The molecule has 0 aliphatic rings. The lowest BCUT2D eigenvalue weighted by Crippen LogP contribution is -2.24. The van der Waals surface area contributed by atoms with Gasteiger partial charge < -0.3 is 8.92 Å². The van der Waals surface area contributed by atoms with Crippen molar-refractivity contribution in [1.82, 2.24) is 0 Å². The van der Waals surface area contributed by atoms with Crippen LogP contribution >= 0.6 is 23.2 Å².